The number of non-ortho nitro benzene ring substituents is 1. The molecule has 0 bridgehead atoms. The molecule has 1 aliphatic rings. The lowest BCUT2D eigenvalue weighted by Crippen LogP contribution is -2.23. The Bertz CT molecular complexity index is 1500. The first-order valence-corrected chi connectivity index (χ1v) is 9.81. The van der Waals surface area contributed by atoms with Crippen LogP contribution in [-0.2, 0) is 4.79 Å². The summed E-state index contributed by atoms with van der Waals surface area (Å²) in [5.41, 5.74) is 2.43. The number of rotatable bonds is 3. The fourth-order valence-corrected chi connectivity index (χ4v) is 3.89. The summed E-state index contributed by atoms with van der Waals surface area (Å²) < 4.78 is 1.37. The Morgan fingerprint density at radius 2 is 1.62 bits per heavy atom. The molecular formula is C24H16N4O4. The summed E-state index contributed by atoms with van der Waals surface area (Å²) in [6.07, 6.45) is 1.60. The summed E-state index contributed by atoms with van der Waals surface area (Å²) in [5, 5.41) is 11.5. The second kappa shape index (κ2) is 7.28. The molecule has 0 atom stereocenters. The Labute approximate surface area is 181 Å². The minimum absolute atomic E-state index is 0.0861. The number of anilines is 1. The van der Waals surface area contributed by atoms with E-state index in [1.165, 1.54) is 28.8 Å². The second-order valence-electron chi connectivity index (χ2n) is 7.34. The highest BCUT2D eigenvalue weighted by molar-refractivity contribution is 6.35. The van der Waals surface area contributed by atoms with E-state index in [0.29, 0.717) is 22.2 Å². The molecule has 0 saturated carbocycles. The predicted molar refractivity (Wildman–Crippen MR) is 122 cm³/mol. The number of hydrogen-bond acceptors (Lipinski definition) is 5. The molecule has 4 aromatic rings. The summed E-state index contributed by atoms with van der Waals surface area (Å²) in [6, 6.07) is 20.0. The average molecular weight is 424 g/mol. The first-order valence-electron chi connectivity index (χ1n) is 9.81. The van der Waals surface area contributed by atoms with Crippen LogP contribution in [0.5, 0.6) is 0 Å². The van der Waals surface area contributed by atoms with E-state index in [2.05, 4.69) is 4.98 Å². The number of para-hydroxylation sites is 2. The van der Waals surface area contributed by atoms with Crippen LogP contribution in [0.4, 0.5) is 11.4 Å². The summed E-state index contributed by atoms with van der Waals surface area (Å²) in [4.78, 5) is 43.1. The van der Waals surface area contributed by atoms with Crippen molar-refractivity contribution in [1.29, 1.82) is 0 Å². The van der Waals surface area contributed by atoms with Crippen LogP contribution in [0.15, 0.2) is 77.6 Å². The molecule has 8 nitrogen and oxygen atoms in total. The Morgan fingerprint density at radius 1 is 0.938 bits per heavy atom. The van der Waals surface area contributed by atoms with Crippen molar-refractivity contribution in [3.05, 3.63) is 105 Å². The molecule has 0 aliphatic carbocycles. The maximum atomic E-state index is 13.4. The normalized spacial score (nSPS) is 14.2. The molecule has 1 aliphatic heterocycles. The minimum atomic E-state index is -0.502. The van der Waals surface area contributed by atoms with Crippen LogP contribution in [-0.4, -0.2) is 27.4 Å². The summed E-state index contributed by atoms with van der Waals surface area (Å²) >= 11 is 0. The highest BCUT2D eigenvalue weighted by Gasteiger charge is 2.29. The molecule has 2 heterocycles. The van der Waals surface area contributed by atoms with Crippen LogP contribution in [0, 0.1) is 10.1 Å². The second-order valence-corrected chi connectivity index (χ2v) is 7.34. The first-order chi connectivity index (χ1) is 15.5. The van der Waals surface area contributed by atoms with E-state index in [-0.39, 0.29) is 23.0 Å². The van der Waals surface area contributed by atoms with E-state index in [9.17, 15) is 19.7 Å². The lowest BCUT2D eigenvalue weighted by Gasteiger charge is -2.12. The number of benzene rings is 3. The van der Waals surface area contributed by atoms with E-state index in [0.717, 1.165) is 11.3 Å². The van der Waals surface area contributed by atoms with Crippen molar-refractivity contribution < 1.29 is 9.72 Å². The average Bonchev–Trinajstić information content (AvgIpc) is 3.04. The van der Waals surface area contributed by atoms with Crippen molar-refractivity contribution in [1.82, 2.24) is 9.55 Å². The van der Waals surface area contributed by atoms with Gasteiger partial charge in [0.25, 0.3) is 17.2 Å². The van der Waals surface area contributed by atoms with Crippen molar-refractivity contribution in [2.45, 2.75) is 0 Å². The zero-order valence-corrected chi connectivity index (χ0v) is 16.9. The number of aromatic nitrogens is 2. The Hall–Kier alpha value is -4.59. The van der Waals surface area contributed by atoms with Gasteiger partial charge >= 0.3 is 0 Å². The molecule has 0 N–H and O–H groups in total. The van der Waals surface area contributed by atoms with Gasteiger partial charge in [0.05, 0.1) is 32.8 Å². The number of likely N-dealkylation sites (N-methyl/N-ethyl adjacent to an activating group) is 1. The van der Waals surface area contributed by atoms with Gasteiger partial charge in [-0.25, -0.2) is 4.98 Å². The van der Waals surface area contributed by atoms with Gasteiger partial charge in [-0.1, -0.05) is 30.3 Å². The number of fused-ring (bicyclic) bond motifs is 2. The molecule has 0 unspecified atom stereocenters. The number of nitrogens with zero attached hydrogens (tertiary/aromatic N) is 4. The molecule has 8 heteroatoms. The Morgan fingerprint density at radius 3 is 2.38 bits per heavy atom. The summed E-state index contributed by atoms with van der Waals surface area (Å²) in [6.45, 7) is 0. The van der Waals surface area contributed by atoms with Crippen LogP contribution in [0.2, 0.25) is 0 Å². The van der Waals surface area contributed by atoms with Crippen molar-refractivity contribution >= 4 is 39.8 Å². The van der Waals surface area contributed by atoms with E-state index < -0.39 is 4.92 Å². The van der Waals surface area contributed by atoms with Crippen molar-refractivity contribution in [3.8, 4) is 5.69 Å². The molecule has 5 rings (SSSR count). The molecule has 0 saturated heterocycles. The number of amides is 1. The third kappa shape index (κ3) is 2.97. The van der Waals surface area contributed by atoms with Crippen molar-refractivity contribution in [3.63, 3.8) is 0 Å². The largest absolute Gasteiger partial charge is 0.311 e. The molecule has 1 amide bonds. The zero-order valence-electron chi connectivity index (χ0n) is 16.9. The standard InChI is InChI=1S/C24H16N4O4/c1-26-21-9-5-3-6-17(21)19(23(26)29)14-22-25-20-8-4-2-7-18(20)24(30)27(22)15-10-12-16(13-11-15)28(31)32/h2-14H,1H3/b19-14-. The van der Waals surface area contributed by atoms with Gasteiger partial charge in [0.15, 0.2) is 0 Å². The molecule has 3 aromatic carbocycles. The van der Waals surface area contributed by atoms with Gasteiger partial charge in [-0.05, 0) is 36.4 Å². The summed E-state index contributed by atoms with van der Waals surface area (Å²) in [5.74, 6) is 0.0554. The van der Waals surface area contributed by atoms with E-state index in [1.807, 2.05) is 24.3 Å². The van der Waals surface area contributed by atoms with Crippen LogP contribution < -0.4 is 10.5 Å². The molecule has 0 radical (unpaired) electrons. The third-order valence-electron chi connectivity index (χ3n) is 5.48. The fraction of sp³-hybridized carbons (Fsp3) is 0.0417. The quantitative estimate of drug-likeness (QED) is 0.283. The number of nitro groups is 1. The molecule has 1 aromatic heterocycles. The number of carbonyl (C=O) groups is 1. The maximum absolute atomic E-state index is 13.4. The van der Waals surface area contributed by atoms with Gasteiger partial charge in [-0.2, -0.15) is 0 Å². The molecule has 32 heavy (non-hydrogen) atoms. The predicted octanol–water partition coefficient (Wildman–Crippen LogP) is 3.81. The third-order valence-corrected chi connectivity index (χ3v) is 5.48. The van der Waals surface area contributed by atoms with Crippen molar-refractivity contribution in [2.24, 2.45) is 0 Å². The first kappa shape index (κ1) is 19.4. The SMILES string of the molecule is CN1C(=O)/C(=C\c2nc3ccccc3c(=O)n2-c2ccc([N+](=O)[O-])cc2)c2ccccc21. The van der Waals surface area contributed by atoms with Gasteiger partial charge < -0.3 is 4.90 Å². The maximum Gasteiger partial charge on any atom is 0.269 e. The van der Waals surface area contributed by atoms with Gasteiger partial charge in [0, 0.05) is 24.7 Å². The lowest BCUT2D eigenvalue weighted by molar-refractivity contribution is -0.384. The van der Waals surface area contributed by atoms with E-state index >= 15 is 0 Å². The fourth-order valence-electron chi connectivity index (χ4n) is 3.89. The van der Waals surface area contributed by atoms with Crippen LogP contribution in [0.3, 0.4) is 0 Å². The highest BCUT2D eigenvalue weighted by atomic mass is 16.6. The van der Waals surface area contributed by atoms with Gasteiger partial charge in [0.2, 0.25) is 0 Å². The zero-order chi connectivity index (χ0) is 22.4. The van der Waals surface area contributed by atoms with Crippen LogP contribution in [0.1, 0.15) is 11.4 Å². The Balaban J connectivity index is 1.79. The van der Waals surface area contributed by atoms with Gasteiger partial charge in [0.1, 0.15) is 5.82 Å². The van der Waals surface area contributed by atoms with Gasteiger partial charge in [-0.3, -0.25) is 24.3 Å². The number of carbonyl (C=O) groups excluding carboxylic acids is 1. The van der Waals surface area contributed by atoms with Crippen LogP contribution in [0.25, 0.3) is 28.2 Å². The van der Waals surface area contributed by atoms with Crippen LogP contribution >= 0.6 is 0 Å². The van der Waals surface area contributed by atoms with E-state index in [4.69, 9.17) is 0 Å². The van der Waals surface area contributed by atoms with E-state index in [1.54, 1.807) is 42.3 Å². The monoisotopic (exact) mass is 424 g/mol. The smallest absolute Gasteiger partial charge is 0.269 e. The summed E-state index contributed by atoms with van der Waals surface area (Å²) in [7, 11) is 1.69. The molecular weight excluding hydrogens is 408 g/mol. The number of hydrogen-bond donors (Lipinski definition) is 0. The lowest BCUT2D eigenvalue weighted by atomic mass is 10.1. The molecule has 156 valence electrons. The van der Waals surface area contributed by atoms with Gasteiger partial charge in [-0.15, -0.1) is 0 Å². The minimum Gasteiger partial charge on any atom is -0.311 e. The number of nitro benzene ring substituents is 1. The highest BCUT2D eigenvalue weighted by Crippen LogP contribution is 2.36. The molecule has 0 fully saturated rings. The Kier molecular flexibility index (Phi) is 4.41. The topological polar surface area (TPSA) is 98.3 Å². The molecule has 0 spiro atoms. The van der Waals surface area contributed by atoms with Crippen molar-refractivity contribution in [2.75, 3.05) is 11.9 Å².